The molecule has 0 unspecified atom stereocenters. The van der Waals surface area contributed by atoms with E-state index in [1.165, 1.54) is 22.9 Å². The van der Waals surface area contributed by atoms with Gasteiger partial charge in [-0.2, -0.15) is 0 Å². The highest BCUT2D eigenvalue weighted by Gasteiger charge is 2.50. The first-order chi connectivity index (χ1) is 25.0. The second-order valence-corrected chi connectivity index (χ2v) is 13.5. The number of ether oxygens (including phenoxy) is 2. The monoisotopic (exact) mass is 662 g/mol. The van der Waals surface area contributed by atoms with Gasteiger partial charge in [-0.05, 0) is 86.5 Å². The van der Waals surface area contributed by atoms with Crippen LogP contribution in [0.4, 0.5) is 0 Å². The van der Waals surface area contributed by atoms with E-state index in [1.807, 2.05) is 6.07 Å². The fourth-order valence-electron chi connectivity index (χ4n) is 8.46. The van der Waals surface area contributed by atoms with Crippen LogP contribution in [0.25, 0.3) is 75.4 Å². The molecule has 0 amide bonds. The van der Waals surface area contributed by atoms with Gasteiger partial charge in [0.1, 0.15) is 13.2 Å². The van der Waals surface area contributed by atoms with Gasteiger partial charge in [-0.25, -0.2) is 0 Å². The van der Waals surface area contributed by atoms with Gasteiger partial charge in [0, 0.05) is 12.8 Å². The van der Waals surface area contributed by atoms with Crippen LogP contribution in [0.2, 0.25) is 0 Å². The smallest absolute Gasteiger partial charge is 0.324 e. The number of benzene rings is 9. The highest BCUT2D eigenvalue weighted by molar-refractivity contribution is 6.33. The zero-order valence-electron chi connectivity index (χ0n) is 28.1. The van der Waals surface area contributed by atoms with Gasteiger partial charge in [0.15, 0.2) is 5.41 Å². The van der Waals surface area contributed by atoms with Gasteiger partial charge in [0.05, 0.1) is 0 Å². The molecule has 246 valence electrons. The van der Waals surface area contributed by atoms with Crippen LogP contribution in [0, 0.1) is 5.41 Å². The number of rotatable bonds is 10. The van der Waals surface area contributed by atoms with Crippen molar-refractivity contribution < 1.29 is 19.1 Å². The van der Waals surface area contributed by atoms with E-state index < -0.39 is 17.4 Å². The summed E-state index contributed by atoms with van der Waals surface area (Å²) in [7, 11) is 0. The second kappa shape index (κ2) is 12.0. The molecule has 0 aliphatic heterocycles. The quantitative estimate of drug-likeness (QED) is 0.0481. The lowest BCUT2D eigenvalue weighted by Crippen LogP contribution is -2.46. The number of fused-ring (bicyclic) bond motifs is 2. The van der Waals surface area contributed by atoms with Crippen molar-refractivity contribution in [1.29, 1.82) is 0 Å². The van der Waals surface area contributed by atoms with Crippen LogP contribution in [0.5, 0.6) is 0 Å². The Balaban J connectivity index is 1.32. The molecule has 0 fully saturated rings. The Kier molecular flexibility index (Phi) is 7.22. The van der Waals surface area contributed by atoms with Gasteiger partial charge >= 0.3 is 11.9 Å². The van der Waals surface area contributed by atoms with E-state index in [4.69, 9.17) is 9.47 Å². The van der Waals surface area contributed by atoms with Crippen molar-refractivity contribution in [2.45, 2.75) is 12.8 Å². The number of hydrogen-bond donors (Lipinski definition) is 0. The number of carbonyl (C=O) groups is 2. The molecule has 51 heavy (non-hydrogen) atoms. The first-order valence-corrected chi connectivity index (χ1v) is 17.3. The first kappa shape index (κ1) is 30.8. The van der Waals surface area contributed by atoms with E-state index in [0.717, 1.165) is 75.8 Å². The standard InChI is InChI=1S/C47H34O4/c1-3-25-50-45(48)47(46(49)51-26-4-2,27-34-21-19-33-18-17-30-9-5-10-31-23-24-36(34)42(33)40(30)31)28-35-22-20-32-13-7-15-38-37-14-6-11-29-12-8-16-39(41(29)37)44(35)43(32)38/h3-24H,1-2,25-28H2. The van der Waals surface area contributed by atoms with Crippen molar-refractivity contribution >= 4 is 87.3 Å². The predicted octanol–water partition coefficient (Wildman–Crippen LogP) is 10.9. The summed E-state index contributed by atoms with van der Waals surface area (Å²) < 4.78 is 11.7. The summed E-state index contributed by atoms with van der Waals surface area (Å²) >= 11 is 0. The SMILES string of the molecule is C=CCOC(=O)C(Cc1ccc2ccc3cccc4ccc1c2c34)(Cc1ccc2cccc3c4cccc5cccc(c1c23)c54)C(=O)OCC=C. The normalized spacial score (nSPS) is 12.2. The van der Waals surface area contributed by atoms with Crippen molar-refractivity contribution in [3.8, 4) is 0 Å². The van der Waals surface area contributed by atoms with Crippen LogP contribution in [0.1, 0.15) is 11.1 Å². The molecule has 0 atom stereocenters. The molecule has 0 aliphatic carbocycles. The van der Waals surface area contributed by atoms with E-state index >= 15 is 0 Å². The van der Waals surface area contributed by atoms with E-state index in [1.54, 1.807) is 0 Å². The van der Waals surface area contributed by atoms with Crippen LogP contribution in [0.15, 0.2) is 147 Å². The second-order valence-electron chi connectivity index (χ2n) is 13.5. The van der Waals surface area contributed by atoms with Crippen LogP contribution in [-0.2, 0) is 31.9 Å². The van der Waals surface area contributed by atoms with Gasteiger partial charge in [0.25, 0.3) is 0 Å². The lowest BCUT2D eigenvalue weighted by Gasteiger charge is -2.31. The van der Waals surface area contributed by atoms with Crippen molar-refractivity contribution in [2.75, 3.05) is 13.2 Å². The third-order valence-electron chi connectivity index (χ3n) is 10.6. The third kappa shape index (κ3) is 4.67. The van der Waals surface area contributed by atoms with Crippen LogP contribution < -0.4 is 0 Å². The van der Waals surface area contributed by atoms with Crippen LogP contribution >= 0.6 is 0 Å². The minimum atomic E-state index is -1.72. The third-order valence-corrected chi connectivity index (χ3v) is 10.6. The van der Waals surface area contributed by atoms with Crippen LogP contribution in [-0.4, -0.2) is 25.2 Å². The Morgan fingerprint density at radius 1 is 0.451 bits per heavy atom. The van der Waals surface area contributed by atoms with Crippen molar-refractivity contribution in [3.05, 3.63) is 158 Å². The largest absolute Gasteiger partial charge is 0.461 e. The van der Waals surface area contributed by atoms with Gasteiger partial charge in [-0.1, -0.05) is 147 Å². The molecule has 9 aromatic carbocycles. The summed E-state index contributed by atoms with van der Waals surface area (Å²) in [5.74, 6) is -1.28. The number of hydrogen-bond acceptors (Lipinski definition) is 4. The summed E-state index contributed by atoms with van der Waals surface area (Å²) in [6.45, 7) is 7.50. The summed E-state index contributed by atoms with van der Waals surface area (Å²) in [6.07, 6.45) is 3.20. The fourth-order valence-corrected chi connectivity index (χ4v) is 8.46. The zero-order valence-corrected chi connectivity index (χ0v) is 28.1. The average molecular weight is 663 g/mol. The van der Waals surface area contributed by atoms with Gasteiger partial charge in [0.2, 0.25) is 0 Å². The van der Waals surface area contributed by atoms with Gasteiger partial charge in [-0.3, -0.25) is 9.59 Å². The summed E-state index contributed by atoms with van der Waals surface area (Å²) in [6, 6.07) is 42.2. The summed E-state index contributed by atoms with van der Waals surface area (Å²) in [5.41, 5.74) is 0.0222. The minimum Gasteiger partial charge on any atom is -0.461 e. The Morgan fingerprint density at radius 3 is 1.51 bits per heavy atom. The molecule has 4 heteroatoms. The van der Waals surface area contributed by atoms with E-state index in [-0.39, 0.29) is 26.1 Å². The van der Waals surface area contributed by atoms with Crippen molar-refractivity contribution in [3.63, 3.8) is 0 Å². The molecule has 0 saturated heterocycles. The Bertz CT molecular complexity index is 2800. The van der Waals surface area contributed by atoms with E-state index in [0.29, 0.717) is 0 Å². The molecule has 0 saturated carbocycles. The molecule has 0 spiro atoms. The number of carbonyl (C=O) groups excluding carboxylic acids is 2. The maximum Gasteiger partial charge on any atom is 0.324 e. The number of esters is 2. The molecule has 0 N–H and O–H groups in total. The summed E-state index contributed by atoms with van der Waals surface area (Å²) in [4.78, 5) is 29.3. The van der Waals surface area contributed by atoms with E-state index in [2.05, 4.69) is 128 Å². The molecule has 4 nitrogen and oxygen atoms in total. The fraction of sp³-hybridized carbons (Fsp3) is 0.106. The van der Waals surface area contributed by atoms with Crippen LogP contribution in [0.3, 0.4) is 0 Å². The van der Waals surface area contributed by atoms with Gasteiger partial charge < -0.3 is 9.47 Å². The molecule has 9 rings (SSSR count). The Morgan fingerprint density at radius 2 is 0.882 bits per heavy atom. The average Bonchev–Trinajstić information content (AvgIpc) is 3.17. The van der Waals surface area contributed by atoms with Gasteiger partial charge in [-0.15, -0.1) is 0 Å². The first-order valence-electron chi connectivity index (χ1n) is 17.3. The van der Waals surface area contributed by atoms with E-state index in [9.17, 15) is 9.59 Å². The minimum absolute atomic E-state index is 0.0325. The Hall–Kier alpha value is -6.26. The summed E-state index contributed by atoms with van der Waals surface area (Å²) in [5, 5.41) is 15.6. The van der Waals surface area contributed by atoms with Crippen molar-refractivity contribution in [2.24, 2.45) is 5.41 Å². The Labute approximate surface area is 294 Å². The molecular weight excluding hydrogens is 629 g/mol. The molecule has 0 heterocycles. The molecule has 0 radical (unpaired) electrons. The highest BCUT2D eigenvalue weighted by Crippen LogP contribution is 2.45. The lowest BCUT2D eigenvalue weighted by atomic mass is 9.73. The maximum absolute atomic E-state index is 14.6. The maximum atomic E-state index is 14.6. The predicted molar refractivity (Wildman–Crippen MR) is 210 cm³/mol. The molecule has 0 bridgehead atoms. The highest BCUT2D eigenvalue weighted by atomic mass is 16.6. The van der Waals surface area contributed by atoms with Crippen molar-refractivity contribution in [1.82, 2.24) is 0 Å². The lowest BCUT2D eigenvalue weighted by molar-refractivity contribution is -0.171. The zero-order chi connectivity index (χ0) is 34.7. The molecule has 9 aromatic rings. The molecule has 0 aliphatic rings. The molecule has 0 aromatic heterocycles. The topological polar surface area (TPSA) is 52.6 Å². The molecular formula is C47H34O4.